The average molecular weight is 241 g/mol. The maximum atomic E-state index is 13.3. The van der Waals surface area contributed by atoms with Crippen molar-refractivity contribution in [3.8, 4) is 0 Å². The van der Waals surface area contributed by atoms with E-state index >= 15 is 0 Å². The van der Waals surface area contributed by atoms with Gasteiger partial charge in [-0.3, -0.25) is 0 Å². The molecule has 0 aliphatic heterocycles. The molecule has 0 bridgehead atoms. The Bertz CT molecular complexity index is 422. The summed E-state index contributed by atoms with van der Waals surface area (Å²) in [6.07, 6.45) is 0. The minimum Gasteiger partial charge on any atom is -0.479 e. The smallest absolute Gasteiger partial charge is 0.331 e. The third kappa shape index (κ3) is 3.17. The predicted molar refractivity (Wildman–Crippen MR) is 62.7 cm³/mol. The Hall–Kier alpha value is -1.62. The van der Waals surface area contributed by atoms with Crippen LogP contribution in [0.2, 0.25) is 0 Å². The highest BCUT2D eigenvalue weighted by molar-refractivity contribution is 5.82. The molecule has 17 heavy (non-hydrogen) atoms. The molecule has 0 radical (unpaired) electrons. The van der Waals surface area contributed by atoms with E-state index in [1.165, 1.54) is 20.1 Å². The normalized spacial score (nSPS) is 14.1. The summed E-state index contributed by atoms with van der Waals surface area (Å²) in [7, 11) is 1.42. The van der Waals surface area contributed by atoms with Crippen molar-refractivity contribution in [1.29, 1.82) is 0 Å². The first kappa shape index (κ1) is 13.4. The third-order valence-electron chi connectivity index (χ3n) is 2.50. The Balaban J connectivity index is 2.94. The number of carbonyl (C=O) groups is 1. The lowest BCUT2D eigenvalue weighted by molar-refractivity contribution is -0.143. The molecule has 0 amide bonds. The van der Waals surface area contributed by atoms with Gasteiger partial charge in [0.1, 0.15) is 5.82 Å². The van der Waals surface area contributed by atoms with E-state index in [2.05, 4.69) is 5.32 Å². The van der Waals surface area contributed by atoms with Crippen LogP contribution in [0.25, 0.3) is 0 Å². The fourth-order valence-corrected chi connectivity index (χ4v) is 1.43. The lowest BCUT2D eigenvalue weighted by Gasteiger charge is -2.26. The molecule has 0 heterocycles. The molecule has 0 saturated carbocycles. The zero-order chi connectivity index (χ0) is 13.1. The lowest BCUT2D eigenvalue weighted by Crippen LogP contribution is -2.47. The summed E-state index contributed by atoms with van der Waals surface area (Å²) in [5.41, 5.74) is -0.356. The molecular weight excluding hydrogens is 225 g/mol. The number of hydrogen-bond donors (Lipinski definition) is 2. The summed E-state index contributed by atoms with van der Waals surface area (Å²) in [6.45, 7) is 3.11. The van der Waals surface area contributed by atoms with Crippen LogP contribution in [0.15, 0.2) is 18.2 Å². The molecule has 0 fully saturated rings. The molecule has 2 N–H and O–H groups in total. The molecule has 1 unspecified atom stereocenters. The highest BCUT2D eigenvalue weighted by Crippen LogP contribution is 2.19. The van der Waals surface area contributed by atoms with Gasteiger partial charge in [0.25, 0.3) is 0 Å². The van der Waals surface area contributed by atoms with Crippen molar-refractivity contribution in [2.75, 3.05) is 19.0 Å². The zero-order valence-electron chi connectivity index (χ0n) is 10.1. The minimum absolute atomic E-state index is 0.0160. The van der Waals surface area contributed by atoms with Gasteiger partial charge < -0.3 is 15.2 Å². The van der Waals surface area contributed by atoms with Crippen LogP contribution in [0.5, 0.6) is 0 Å². The molecule has 0 aliphatic rings. The second kappa shape index (κ2) is 5.14. The fraction of sp³-hybridized carbons (Fsp3) is 0.417. The largest absolute Gasteiger partial charge is 0.479 e. The summed E-state index contributed by atoms with van der Waals surface area (Å²) in [5.74, 6) is -1.43. The molecule has 1 rings (SSSR count). The van der Waals surface area contributed by atoms with Gasteiger partial charge in [0.2, 0.25) is 0 Å². The van der Waals surface area contributed by atoms with Gasteiger partial charge in [-0.1, -0.05) is 6.07 Å². The Kier molecular flexibility index (Phi) is 4.07. The van der Waals surface area contributed by atoms with Crippen molar-refractivity contribution in [2.45, 2.75) is 19.4 Å². The van der Waals surface area contributed by atoms with Crippen molar-refractivity contribution < 1.29 is 19.0 Å². The van der Waals surface area contributed by atoms with Crippen molar-refractivity contribution in [3.63, 3.8) is 0 Å². The maximum absolute atomic E-state index is 13.3. The quantitative estimate of drug-likeness (QED) is 0.828. The first-order valence-electron chi connectivity index (χ1n) is 5.16. The van der Waals surface area contributed by atoms with Crippen LogP contribution in [0, 0.1) is 12.7 Å². The van der Waals surface area contributed by atoms with Gasteiger partial charge in [0.15, 0.2) is 5.54 Å². The summed E-state index contributed by atoms with van der Waals surface area (Å²) in [6, 6.07) is 4.49. The molecule has 0 saturated heterocycles. The van der Waals surface area contributed by atoms with Crippen LogP contribution in [0.4, 0.5) is 10.1 Å². The highest BCUT2D eigenvalue weighted by Gasteiger charge is 2.33. The van der Waals surface area contributed by atoms with E-state index in [9.17, 15) is 9.18 Å². The first-order valence-corrected chi connectivity index (χ1v) is 5.16. The molecule has 94 valence electrons. The predicted octanol–water partition coefficient (Wildman–Crippen LogP) is 2.04. The van der Waals surface area contributed by atoms with Gasteiger partial charge in [0, 0.05) is 12.8 Å². The summed E-state index contributed by atoms with van der Waals surface area (Å²) in [5, 5.41) is 11.9. The molecule has 1 atom stereocenters. The average Bonchev–Trinajstić information content (AvgIpc) is 2.23. The van der Waals surface area contributed by atoms with Crippen LogP contribution >= 0.6 is 0 Å². The fourth-order valence-electron chi connectivity index (χ4n) is 1.43. The number of hydrogen-bond acceptors (Lipinski definition) is 3. The molecule has 0 aromatic heterocycles. The van der Waals surface area contributed by atoms with Crippen LogP contribution in [-0.2, 0) is 9.53 Å². The number of aryl methyl sites for hydroxylation is 1. The van der Waals surface area contributed by atoms with E-state index in [0.717, 1.165) is 0 Å². The number of ether oxygens (including phenoxy) is 1. The van der Waals surface area contributed by atoms with Crippen molar-refractivity contribution in [2.24, 2.45) is 0 Å². The Labute approximate surface area is 99.4 Å². The molecule has 5 heteroatoms. The second-order valence-electron chi connectivity index (χ2n) is 4.16. The van der Waals surface area contributed by atoms with E-state index in [-0.39, 0.29) is 12.4 Å². The number of carboxylic acid groups (broad SMARTS) is 1. The maximum Gasteiger partial charge on any atom is 0.331 e. The summed E-state index contributed by atoms with van der Waals surface area (Å²) in [4.78, 5) is 11.1. The van der Waals surface area contributed by atoms with Crippen LogP contribution in [0.3, 0.4) is 0 Å². The number of carboxylic acids is 1. The van der Waals surface area contributed by atoms with E-state index in [1.807, 2.05) is 0 Å². The van der Waals surface area contributed by atoms with Crippen molar-refractivity contribution >= 4 is 11.7 Å². The molecule has 4 nitrogen and oxygen atoms in total. The van der Waals surface area contributed by atoms with Crippen molar-refractivity contribution in [1.82, 2.24) is 0 Å². The number of benzene rings is 1. The number of methoxy groups -OCH3 is 1. The van der Waals surface area contributed by atoms with Gasteiger partial charge in [-0.05, 0) is 31.5 Å². The standard InChI is InChI=1S/C12H16FNO3/c1-8-4-5-9(6-10(8)13)14-12(2,7-17-3)11(15)16/h4-6,14H,7H2,1-3H3,(H,15,16). The highest BCUT2D eigenvalue weighted by atomic mass is 19.1. The molecule has 0 spiro atoms. The molecule has 1 aromatic carbocycles. The van der Waals surface area contributed by atoms with Crippen LogP contribution < -0.4 is 5.32 Å². The number of nitrogens with one attached hydrogen (secondary N) is 1. The zero-order valence-corrected chi connectivity index (χ0v) is 10.1. The SMILES string of the molecule is COCC(C)(Nc1ccc(C)c(F)c1)C(=O)O. The van der Waals surface area contributed by atoms with E-state index in [0.29, 0.717) is 11.3 Å². The van der Waals surface area contributed by atoms with Gasteiger partial charge in [0.05, 0.1) is 6.61 Å². The number of anilines is 1. The van der Waals surface area contributed by atoms with Gasteiger partial charge in [-0.15, -0.1) is 0 Å². The lowest BCUT2D eigenvalue weighted by atomic mass is 10.0. The van der Waals surface area contributed by atoms with E-state index < -0.39 is 11.5 Å². The summed E-state index contributed by atoms with van der Waals surface area (Å²) >= 11 is 0. The Morgan fingerprint density at radius 2 is 2.24 bits per heavy atom. The van der Waals surface area contributed by atoms with E-state index in [1.54, 1.807) is 19.1 Å². The van der Waals surface area contributed by atoms with Gasteiger partial charge in [-0.2, -0.15) is 0 Å². The number of rotatable bonds is 5. The van der Waals surface area contributed by atoms with Crippen LogP contribution in [-0.4, -0.2) is 30.3 Å². The molecular formula is C12H16FNO3. The Morgan fingerprint density at radius 3 is 2.71 bits per heavy atom. The second-order valence-corrected chi connectivity index (χ2v) is 4.16. The number of halogens is 1. The minimum atomic E-state index is -1.28. The van der Waals surface area contributed by atoms with Gasteiger partial charge in [-0.25, -0.2) is 9.18 Å². The molecule has 0 aliphatic carbocycles. The Morgan fingerprint density at radius 1 is 1.59 bits per heavy atom. The number of aliphatic carboxylic acids is 1. The van der Waals surface area contributed by atoms with Crippen LogP contribution in [0.1, 0.15) is 12.5 Å². The van der Waals surface area contributed by atoms with Crippen molar-refractivity contribution in [3.05, 3.63) is 29.6 Å². The van der Waals surface area contributed by atoms with Gasteiger partial charge >= 0.3 is 5.97 Å². The monoisotopic (exact) mass is 241 g/mol. The first-order chi connectivity index (χ1) is 7.89. The third-order valence-corrected chi connectivity index (χ3v) is 2.50. The molecule has 1 aromatic rings. The topological polar surface area (TPSA) is 58.6 Å². The van der Waals surface area contributed by atoms with E-state index in [4.69, 9.17) is 9.84 Å². The summed E-state index contributed by atoms with van der Waals surface area (Å²) < 4.78 is 18.2.